The normalized spacial score (nSPS) is 16.5. The Kier molecular flexibility index (Phi) is 20.0. The Bertz CT molecular complexity index is 1820. The fraction of sp³-hybridized carbons (Fsp3) is 0.500. The number of carbonyl (C=O) groups excluding carboxylic acids is 6. The molecule has 14 N–H and O–H groups in total. The van der Waals surface area contributed by atoms with Gasteiger partial charge < -0.3 is 68.5 Å². The van der Waals surface area contributed by atoms with Gasteiger partial charge >= 0.3 is 11.9 Å². The van der Waals surface area contributed by atoms with Crippen molar-refractivity contribution < 1.29 is 63.9 Å². The van der Waals surface area contributed by atoms with Gasteiger partial charge in [0.2, 0.25) is 35.4 Å². The Labute approximate surface area is 351 Å². The number of carboxylic acids is 2. The number of hydrogen-bond donors (Lipinski definition) is 12. The highest BCUT2D eigenvalue weighted by molar-refractivity contribution is 5.97. The number of likely N-dealkylation sites (tertiary alicyclic amines) is 1. The molecule has 1 aliphatic heterocycles. The highest BCUT2D eigenvalue weighted by atomic mass is 16.4. The highest BCUT2D eigenvalue weighted by Gasteiger charge is 2.40. The second-order valence-electron chi connectivity index (χ2n) is 14.6. The minimum atomic E-state index is -1.79. The van der Waals surface area contributed by atoms with E-state index in [-0.39, 0.29) is 38.0 Å². The van der Waals surface area contributed by atoms with Crippen molar-refractivity contribution in [3.8, 4) is 5.75 Å². The lowest BCUT2D eigenvalue weighted by atomic mass is 10.0. The minimum absolute atomic E-state index is 0.0107. The number of benzene rings is 2. The molecule has 0 unspecified atom stereocenters. The molecule has 0 bridgehead atoms. The molecule has 1 heterocycles. The van der Waals surface area contributed by atoms with E-state index in [4.69, 9.17) is 11.5 Å². The average Bonchev–Trinajstić information content (AvgIpc) is 3.73. The predicted octanol–water partition coefficient (Wildman–Crippen LogP) is -3.02. The van der Waals surface area contributed by atoms with Crippen molar-refractivity contribution in [2.45, 2.75) is 100 Å². The highest BCUT2D eigenvalue weighted by Crippen LogP contribution is 2.21. The molecule has 2 aromatic rings. The molecular weight excluding hydrogens is 800 g/mol. The van der Waals surface area contributed by atoms with E-state index in [9.17, 15) is 63.9 Å². The predicted molar refractivity (Wildman–Crippen MR) is 216 cm³/mol. The van der Waals surface area contributed by atoms with E-state index in [0.717, 1.165) is 5.56 Å². The van der Waals surface area contributed by atoms with Gasteiger partial charge in [0.15, 0.2) is 0 Å². The summed E-state index contributed by atoms with van der Waals surface area (Å²) in [6, 6.07) is 4.99. The number of unbranched alkanes of at least 4 members (excludes halogenated alkanes) is 1. The summed E-state index contributed by atoms with van der Waals surface area (Å²) in [7, 11) is 0. The Morgan fingerprint density at radius 2 is 1.23 bits per heavy atom. The Hall–Kier alpha value is -6.16. The maximum atomic E-state index is 14.2. The third-order valence-corrected chi connectivity index (χ3v) is 9.94. The first-order chi connectivity index (χ1) is 29.1. The van der Waals surface area contributed by atoms with Crippen LogP contribution in [0, 0.1) is 0 Å². The molecule has 7 atom stereocenters. The molecule has 6 amide bonds. The number of rotatable bonds is 25. The van der Waals surface area contributed by atoms with Crippen LogP contribution in [0.3, 0.4) is 0 Å². The van der Waals surface area contributed by atoms with Crippen molar-refractivity contribution in [2.24, 2.45) is 11.5 Å². The zero-order chi connectivity index (χ0) is 45.1. The topological polar surface area (TPSA) is 353 Å². The van der Waals surface area contributed by atoms with Crippen LogP contribution in [0.1, 0.15) is 56.1 Å². The molecule has 1 aliphatic rings. The molecule has 3 rings (SSSR count). The van der Waals surface area contributed by atoms with Crippen LogP contribution >= 0.6 is 0 Å². The molecule has 334 valence electrons. The summed E-state index contributed by atoms with van der Waals surface area (Å²) < 4.78 is 0. The molecule has 0 saturated carbocycles. The molecule has 0 radical (unpaired) electrons. The maximum Gasteiger partial charge on any atom is 0.326 e. The summed E-state index contributed by atoms with van der Waals surface area (Å²) in [5, 5.41) is 60.1. The van der Waals surface area contributed by atoms with Crippen LogP contribution < -0.4 is 38.1 Å². The van der Waals surface area contributed by atoms with Gasteiger partial charge in [-0.3, -0.25) is 33.6 Å². The van der Waals surface area contributed by atoms with E-state index in [1.165, 1.54) is 17.0 Å². The zero-order valence-corrected chi connectivity index (χ0v) is 33.5. The molecule has 0 spiro atoms. The number of carbonyl (C=O) groups is 8. The van der Waals surface area contributed by atoms with E-state index in [1.807, 2.05) is 6.07 Å². The molecule has 1 fully saturated rings. The van der Waals surface area contributed by atoms with Crippen molar-refractivity contribution >= 4 is 47.4 Å². The van der Waals surface area contributed by atoms with Gasteiger partial charge in [-0.15, -0.1) is 0 Å². The largest absolute Gasteiger partial charge is 0.508 e. The van der Waals surface area contributed by atoms with Crippen molar-refractivity contribution in [2.75, 3.05) is 26.3 Å². The van der Waals surface area contributed by atoms with Crippen LogP contribution in [-0.2, 0) is 51.2 Å². The molecule has 21 heteroatoms. The van der Waals surface area contributed by atoms with Crippen LogP contribution in [0.15, 0.2) is 54.6 Å². The number of phenolic OH excluding ortho intramolecular Hbond substituents is 1. The Balaban J connectivity index is 1.75. The molecular formula is C40H56N8O13. The third-order valence-electron chi connectivity index (χ3n) is 9.94. The summed E-state index contributed by atoms with van der Waals surface area (Å²) in [4.78, 5) is 105. The van der Waals surface area contributed by atoms with Crippen LogP contribution in [0.5, 0.6) is 5.75 Å². The van der Waals surface area contributed by atoms with Gasteiger partial charge in [-0.25, -0.2) is 4.79 Å². The molecule has 2 aromatic carbocycles. The van der Waals surface area contributed by atoms with E-state index < -0.39 is 116 Å². The fourth-order valence-corrected chi connectivity index (χ4v) is 6.57. The third kappa shape index (κ3) is 15.8. The second-order valence-corrected chi connectivity index (χ2v) is 14.6. The van der Waals surface area contributed by atoms with Gasteiger partial charge in [0.1, 0.15) is 42.0 Å². The van der Waals surface area contributed by atoms with Gasteiger partial charge in [0, 0.05) is 19.4 Å². The number of aromatic hydroxyl groups is 1. The van der Waals surface area contributed by atoms with Crippen LogP contribution in [-0.4, -0.2) is 146 Å². The number of hydrogen-bond acceptors (Lipinski definition) is 13. The number of amides is 6. The standard InChI is InChI=1S/C40H56N8O13/c41-17-5-4-9-28(40(60)61)44-36(56)30(21-49)47-37(57)31(22-50)46-35(55)27(15-16-33(52)53)43-38(58)32-10-6-18-48(32)39(59)29(20-24-11-13-25(51)14-12-24)45-34(54)26(42)19-23-7-2-1-3-8-23/h1-3,7-8,11-14,26-32,49-51H,4-6,9-10,15-22,41-42H2,(H,43,58)(H,44,56)(H,45,54)(H,46,55)(H,47,57)(H,52,53)(H,60,61)/t26-,27-,28-,29-,30-,31-,32-/m0/s1. The van der Waals surface area contributed by atoms with Gasteiger partial charge in [-0.2, -0.15) is 0 Å². The number of aliphatic hydroxyl groups is 2. The molecule has 0 aliphatic carbocycles. The van der Waals surface area contributed by atoms with Gasteiger partial charge in [0.25, 0.3) is 0 Å². The smallest absolute Gasteiger partial charge is 0.326 e. The molecule has 61 heavy (non-hydrogen) atoms. The number of nitrogens with one attached hydrogen (secondary N) is 5. The first-order valence-electron chi connectivity index (χ1n) is 19.8. The van der Waals surface area contributed by atoms with E-state index in [2.05, 4.69) is 26.6 Å². The number of nitrogens with zero attached hydrogens (tertiary/aromatic N) is 1. The lowest BCUT2D eigenvalue weighted by molar-refractivity contribution is -0.143. The summed E-state index contributed by atoms with van der Waals surface area (Å²) in [6.45, 7) is -1.68. The minimum Gasteiger partial charge on any atom is -0.508 e. The van der Waals surface area contributed by atoms with Crippen LogP contribution in [0.25, 0.3) is 0 Å². The second kappa shape index (κ2) is 24.8. The number of carboxylic acid groups (broad SMARTS) is 2. The van der Waals surface area contributed by atoms with E-state index in [0.29, 0.717) is 31.4 Å². The maximum absolute atomic E-state index is 14.2. The van der Waals surface area contributed by atoms with Crippen molar-refractivity contribution in [1.82, 2.24) is 31.5 Å². The average molecular weight is 857 g/mol. The summed E-state index contributed by atoms with van der Waals surface area (Å²) in [5.74, 6) is -8.23. The quantitative estimate of drug-likeness (QED) is 0.0443. The lowest BCUT2D eigenvalue weighted by Gasteiger charge is -2.30. The van der Waals surface area contributed by atoms with Crippen molar-refractivity contribution in [1.29, 1.82) is 0 Å². The summed E-state index contributed by atoms with van der Waals surface area (Å²) in [6.07, 6.45) is 0.324. The number of nitrogens with two attached hydrogens (primary N) is 2. The summed E-state index contributed by atoms with van der Waals surface area (Å²) in [5.41, 5.74) is 13.0. The van der Waals surface area contributed by atoms with Gasteiger partial charge in [-0.1, -0.05) is 42.5 Å². The van der Waals surface area contributed by atoms with E-state index in [1.54, 1.807) is 36.4 Å². The SMILES string of the molecule is NCCCC[C@H](NC(=O)[C@H](CO)NC(=O)[C@H](CO)NC(=O)[C@H](CCC(=O)O)NC(=O)[C@@H]1CCCN1C(=O)[C@H](Cc1ccc(O)cc1)NC(=O)[C@@H](N)Cc1ccccc1)C(=O)O. The fourth-order valence-electron chi connectivity index (χ4n) is 6.57. The first-order valence-corrected chi connectivity index (χ1v) is 19.8. The van der Waals surface area contributed by atoms with Crippen LogP contribution in [0.4, 0.5) is 0 Å². The van der Waals surface area contributed by atoms with Crippen molar-refractivity contribution in [3.63, 3.8) is 0 Å². The van der Waals surface area contributed by atoms with Crippen molar-refractivity contribution in [3.05, 3.63) is 65.7 Å². The number of aliphatic carboxylic acids is 2. The monoisotopic (exact) mass is 856 g/mol. The Morgan fingerprint density at radius 1 is 0.672 bits per heavy atom. The molecule has 1 saturated heterocycles. The van der Waals surface area contributed by atoms with Gasteiger partial charge in [0.05, 0.1) is 19.3 Å². The number of aliphatic hydroxyl groups excluding tert-OH is 2. The number of phenols is 1. The molecule has 21 nitrogen and oxygen atoms in total. The van der Waals surface area contributed by atoms with E-state index >= 15 is 0 Å². The summed E-state index contributed by atoms with van der Waals surface area (Å²) >= 11 is 0. The first kappa shape index (κ1) is 49.2. The molecule has 0 aromatic heterocycles. The van der Waals surface area contributed by atoms with Gasteiger partial charge in [-0.05, 0) is 74.8 Å². The van der Waals surface area contributed by atoms with Crippen LogP contribution in [0.2, 0.25) is 0 Å². The zero-order valence-electron chi connectivity index (χ0n) is 33.5. The Morgan fingerprint density at radius 3 is 1.79 bits per heavy atom. The lowest BCUT2D eigenvalue weighted by Crippen LogP contribution is -2.60.